The van der Waals surface area contributed by atoms with Crippen LogP contribution in [0.1, 0.15) is 11.5 Å². The van der Waals surface area contributed by atoms with E-state index >= 15 is 0 Å². The molecule has 9 heteroatoms. The fourth-order valence-corrected chi connectivity index (χ4v) is 2.61. The quantitative estimate of drug-likeness (QED) is 0.451. The molecule has 4 N–H and O–H groups in total. The molecule has 4 aromatic rings. The van der Waals surface area contributed by atoms with Crippen molar-refractivity contribution >= 4 is 22.8 Å². The first-order chi connectivity index (χ1) is 12.7. The SMILES string of the molecule is Cc1cc(-c2n[nH]c3cc(NC(=O)NCc4ncc[nH]4)ncc23)ccn1. The number of aromatic amines is 2. The molecule has 4 rings (SSSR count). The molecule has 26 heavy (non-hydrogen) atoms. The first kappa shape index (κ1) is 15.8. The number of fused-ring (bicyclic) bond motifs is 1. The van der Waals surface area contributed by atoms with Gasteiger partial charge in [-0.3, -0.25) is 15.4 Å². The number of nitrogens with zero attached hydrogens (tertiary/aromatic N) is 4. The monoisotopic (exact) mass is 348 g/mol. The number of carbonyl (C=O) groups excluding carboxylic acids is 1. The number of rotatable bonds is 4. The maximum Gasteiger partial charge on any atom is 0.320 e. The highest BCUT2D eigenvalue weighted by Gasteiger charge is 2.11. The molecule has 0 saturated carbocycles. The van der Waals surface area contributed by atoms with E-state index in [9.17, 15) is 4.79 Å². The lowest BCUT2D eigenvalue weighted by Gasteiger charge is -2.06. The minimum Gasteiger partial charge on any atom is -0.347 e. The standard InChI is InChI=1S/C17H16N8O/c1-10-6-11(2-3-18-10)16-12-8-21-14(7-13(12)24-25-16)23-17(26)22-9-15-19-4-5-20-15/h2-8H,9H2,1H3,(H,19,20)(H,24,25)(H2,21,22,23,26). The topological polar surface area (TPSA) is 124 Å². The van der Waals surface area contributed by atoms with Crippen molar-refractivity contribution in [3.8, 4) is 11.3 Å². The first-order valence-corrected chi connectivity index (χ1v) is 7.99. The van der Waals surface area contributed by atoms with Gasteiger partial charge in [0.2, 0.25) is 0 Å². The molecule has 0 radical (unpaired) electrons. The van der Waals surface area contributed by atoms with Gasteiger partial charge < -0.3 is 10.3 Å². The predicted molar refractivity (Wildman–Crippen MR) is 96.3 cm³/mol. The number of pyridine rings is 2. The molecule has 0 aromatic carbocycles. The van der Waals surface area contributed by atoms with Crippen LogP contribution >= 0.6 is 0 Å². The Morgan fingerprint density at radius 2 is 2.12 bits per heavy atom. The molecule has 0 saturated heterocycles. The van der Waals surface area contributed by atoms with Gasteiger partial charge in [0.25, 0.3) is 0 Å². The van der Waals surface area contributed by atoms with Crippen LogP contribution < -0.4 is 10.6 Å². The lowest BCUT2D eigenvalue weighted by atomic mass is 10.1. The number of anilines is 1. The summed E-state index contributed by atoms with van der Waals surface area (Å²) in [5, 5.41) is 13.6. The highest BCUT2D eigenvalue weighted by molar-refractivity contribution is 5.95. The Hall–Kier alpha value is -3.75. The van der Waals surface area contributed by atoms with E-state index in [2.05, 4.69) is 40.8 Å². The molecule has 4 aromatic heterocycles. The molecule has 0 atom stereocenters. The van der Waals surface area contributed by atoms with E-state index in [4.69, 9.17) is 0 Å². The summed E-state index contributed by atoms with van der Waals surface area (Å²) in [5.41, 5.74) is 3.46. The van der Waals surface area contributed by atoms with Gasteiger partial charge in [-0.25, -0.2) is 14.8 Å². The van der Waals surface area contributed by atoms with Gasteiger partial charge in [0.15, 0.2) is 0 Å². The van der Waals surface area contributed by atoms with E-state index < -0.39 is 0 Å². The molecule has 0 aliphatic heterocycles. The Balaban J connectivity index is 1.50. The maximum absolute atomic E-state index is 12.0. The van der Waals surface area contributed by atoms with Crippen LogP contribution in [0.5, 0.6) is 0 Å². The number of urea groups is 1. The number of nitrogens with one attached hydrogen (secondary N) is 4. The van der Waals surface area contributed by atoms with Crippen LogP contribution in [0.2, 0.25) is 0 Å². The second kappa shape index (κ2) is 6.63. The number of aromatic nitrogens is 6. The zero-order chi connectivity index (χ0) is 17.9. The maximum atomic E-state index is 12.0. The van der Waals surface area contributed by atoms with Crippen molar-refractivity contribution in [2.24, 2.45) is 0 Å². The molecule has 4 heterocycles. The summed E-state index contributed by atoms with van der Waals surface area (Å²) in [5.74, 6) is 1.10. The van der Waals surface area contributed by atoms with E-state index in [1.807, 2.05) is 19.1 Å². The third-order valence-electron chi connectivity index (χ3n) is 3.83. The smallest absolute Gasteiger partial charge is 0.320 e. The molecule has 9 nitrogen and oxygen atoms in total. The Labute approximate surface area is 148 Å². The summed E-state index contributed by atoms with van der Waals surface area (Å²) < 4.78 is 0. The van der Waals surface area contributed by atoms with Crippen LogP contribution in [-0.2, 0) is 6.54 Å². The highest BCUT2D eigenvalue weighted by Crippen LogP contribution is 2.26. The van der Waals surface area contributed by atoms with Crippen molar-refractivity contribution in [3.63, 3.8) is 0 Å². The highest BCUT2D eigenvalue weighted by atomic mass is 16.2. The Morgan fingerprint density at radius 1 is 1.19 bits per heavy atom. The number of carbonyl (C=O) groups is 1. The van der Waals surface area contributed by atoms with Gasteiger partial charge in [0, 0.05) is 47.5 Å². The van der Waals surface area contributed by atoms with E-state index in [0.717, 1.165) is 27.9 Å². The number of amides is 2. The molecule has 0 bridgehead atoms. The number of hydrogen-bond donors (Lipinski definition) is 4. The fraction of sp³-hybridized carbons (Fsp3) is 0.118. The normalized spacial score (nSPS) is 10.8. The zero-order valence-electron chi connectivity index (χ0n) is 13.9. The molecule has 0 fully saturated rings. The van der Waals surface area contributed by atoms with Crippen molar-refractivity contribution in [1.29, 1.82) is 0 Å². The van der Waals surface area contributed by atoms with Gasteiger partial charge in [0.1, 0.15) is 17.3 Å². The average molecular weight is 348 g/mol. The van der Waals surface area contributed by atoms with Gasteiger partial charge in [-0.15, -0.1) is 0 Å². The summed E-state index contributed by atoms with van der Waals surface area (Å²) in [6, 6.07) is 5.24. The molecule has 2 amide bonds. The van der Waals surface area contributed by atoms with Crippen LogP contribution in [0.15, 0.2) is 43.0 Å². The summed E-state index contributed by atoms with van der Waals surface area (Å²) in [7, 11) is 0. The van der Waals surface area contributed by atoms with E-state index in [-0.39, 0.29) is 6.03 Å². The Morgan fingerprint density at radius 3 is 2.92 bits per heavy atom. The summed E-state index contributed by atoms with van der Waals surface area (Å²) in [6.07, 6.45) is 6.76. The predicted octanol–water partition coefficient (Wildman–Crippen LogP) is 2.37. The minimum atomic E-state index is -0.363. The largest absolute Gasteiger partial charge is 0.347 e. The summed E-state index contributed by atoms with van der Waals surface area (Å²) in [6.45, 7) is 2.23. The van der Waals surface area contributed by atoms with Crippen molar-refractivity contribution in [2.75, 3.05) is 5.32 Å². The minimum absolute atomic E-state index is 0.302. The molecular weight excluding hydrogens is 332 g/mol. The van der Waals surface area contributed by atoms with Crippen LogP contribution in [0.4, 0.5) is 10.6 Å². The first-order valence-electron chi connectivity index (χ1n) is 7.99. The fourth-order valence-electron chi connectivity index (χ4n) is 2.61. The molecule has 0 unspecified atom stereocenters. The average Bonchev–Trinajstić information content (AvgIpc) is 3.29. The molecular formula is C17H16N8O. The third kappa shape index (κ3) is 3.22. The molecule has 0 aliphatic rings. The van der Waals surface area contributed by atoms with Gasteiger partial charge >= 0.3 is 6.03 Å². The van der Waals surface area contributed by atoms with E-state index in [1.54, 1.807) is 30.9 Å². The van der Waals surface area contributed by atoms with Crippen LogP contribution in [-0.4, -0.2) is 36.2 Å². The second-order valence-corrected chi connectivity index (χ2v) is 5.72. The third-order valence-corrected chi connectivity index (χ3v) is 3.83. The molecule has 0 aliphatic carbocycles. The molecule has 0 spiro atoms. The van der Waals surface area contributed by atoms with Crippen LogP contribution in [0.3, 0.4) is 0 Å². The van der Waals surface area contributed by atoms with Crippen molar-refractivity contribution in [3.05, 3.63) is 54.5 Å². The van der Waals surface area contributed by atoms with Crippen LogP contribution in [0.25, 0.3) is 22.2 Å². The lowest BCUT2D eigenvalue weighted by Crippen LogP contribution is -2.28. The summed E-state index contributed by atoms with van der Waals surface area (Å²) >= 11 is 0. The Bertz CT molecular complexity index is 1050. The van der Waals surface area contributed by atoms with Crippen molar-refractivity contribution < 1.29 is 4.79 Å². The lowest BCUT2D eigenvalue weighted by molar-refractivity contribution is 0.251. The van der Waals surface area contributed by atoms with E-state index in [1.165, 1.54) is 0 Å². The van der Waals surface area contributed by atoms with Gasteiger partial charge in [-0.2, -0.15) is 5.10 Å². The van der Waals surface area contributed by atoms with Gasteiger partial charge in [0.05, 0.1) is 12.1 Å². The number of hydrogen-bond acceptors (Lipinski definition) is 5. The van der Waals surface area contributed by atoms with Gasteiger partial charge in [-0.05, 0) is 19.1 Å². The van der Waals surface area contributed by atoms with Crippen molar-refractivity contribution in [2.45, 2.75) is 13.5 Å². The summed E-state index contributed by atoms with van der Waals surface area (Å²) in [4.78, 5) is 27.4. The van der Waals surface area contributed by atoms with Gasteiger partial charge in [-0.1, -0.05) is 0 Å². The van der Waals surface area contributed by atoms with Crippen molar-refractivity contribution in [1.82, 2.24) is 35.5 Å². The van der Waals surface area contributed by atoms with Crippen LogP contribution in [0, 0.1) is 6.92 Å². The zero-order valence-corrected chi connectivity index (χ0v) is 13.9. The number of imidazole rings is 1. The Kier molecular flexibility index (Phi) is 4.02. The second-order valence-electron chi connectivity index (χ2n) is 5.72. The number of H-pyrrole nitrogens is 2. The number of aryl methyl sites for hydroxylation is 1. The van der Waals surface area contributed by atoms with E-state index in [0.29, 0.717) is 18.2 Å². The molecule has 130 valence electrons.